The van der Waals surface area contributed by atoms with Crippen molar-refractivity contribution in [2.24, 2.45) is 0 Å². The number of anilines is 2. The van der Waals surface area contributed by atoms with Crippen LogP contribution in [0.5, 0.6) is 5.75 Å². The minimum Gasteiger partial charge on any atom is -0.496 e. The van der Waals surface area contributed by atoms with E-state index >= 15 is 0 Å². The summed E-state index contributed by atoms with van der Waals surface area (Å²) in [6.45, 7) is 0. The Bertz CT molecular complexity index is 691. The zero-order valence-electron chi connectivity index (χ0n) is 10.8. The maximum atomic E-state index is 11.8. The quantitative estimate of drug-likeness (QED) is 0.726. The number of nitrogens with zero attached hydrogens (tertiary/aromatic N) is 2. The Morgan fingerprint density at radius 2 is 2.05 bits per heavy atom. The Morgan fingerprint density at radius 3 is 2.80 bits per heavy atom. The topological polar surface area (TPSA) is 73.3 Å². The normalized spacial score (nSPS) is 11.9. The molecule has 0 spiro atoms. The molecule has 102 valence electrons. The molecule has 1 aromatic heterocycles. The molecule has 0 radical (unpaired) electrons. The molecule has 1 N–H and O–H groups in total. The lowest BCUT2D eigenvalue weighted by Gasteiger charge is -2.20. The second-order valence-corrected chi connectivity index (χ2v) is 5.01. The third-order valence-corrected chi connectivity index (χ3v) is 3.88. The van der Waals surface area contributed by atoms with E-state index in [1.54, 1.807) is 24.5 Å². The van der Waals surface area contributed by atoms with Crippen molar-refractivity contribution in [1.29, 1.82) is 0 Å². The van der Waals surface area contributed by atoms with Crippen LogP contribution < -0.4 is 10.1 Å². The Hall–Kier alpha value is -2.28. The molecule has 0 saturated carbocycles. The molecular weight excluding hydrogens is 278 g/mol. The number of hydrogen-bond acceptors (Lipinski definition) is 7. The Labute approximate surface area is 119 Å². The average Bonchev–Trinajstić information content (AvgIpc) is 2.50. The van der Waals surface area contributed by atoms with E-state index in [1.165, 1.54) is 26.0 Å². The van der Waals surface area contributed by atoms with Crippen LogP contribution in [0.3, 0.4) is 0 Å². The van der Waals surface area contributed by atoms with Crippen LogP contribution in [0.15, 0.2) is 34.4 Å². The van der Waals surface area contributed by atoms with E-state index in [-0.39, 0.29) is 0 Å². The van der Waals surface area contributed by atoms with Gasteiger partial charge in [-0.05, 0) is 12.1 Å². The predicted molar refractivity (Wildman–Crippen MR) is 73.8 cm³/mol. The van der Waals surface area contributed by atoms with Crippen LogP contribution in [0.1, 0.15) is 10.4 Å². The summed E-state index contributed by atoms with van der Waals surface area (Å²) in [5.41, 5.74) is 1.15. The molecule has 1 aliphatic heterocycles. The number of methoxy groups -OCH3 is 2. The second-order valence-electron chi connectivity index (χ2n) is 3.98. The molecule has 0 atom stereocenters. The number of carbonyl (C=O) groups excluding carboxylic acids is 1. The van der Waals surface area contributed by atoms with Crippen LogP contribution in [0.2, 0.25) is 0 Å². The second kappa shape index (κ2) is 5.01. The molecule has 2 aromatic rings. The molecule has 0 bridgehead atoms. The van der Waals surface area contributed by atoms with E-state index in [0.717, 1.165) is 15.6 Å². The van der Waals surface area contributed by atoms with E-state index in [4.69, 9.17) is 9.47 Å². The van der Waals surface area contributed by atoms with E-state index in [2.05, 4.69) is 15.3 Å². The van der Waals surface area contributed by atoms with Gasteiger partial charge < -0.3 is 14.8 Å². The number of carbonyl (C=O) groups is 1. The molecule has 0 saturated heterocycles. The molecule has 7 heteroatoms. The summed E-state index contributed by atoms with van der Waals surface area (Å²) < 4.78 is 10.0. The minimum absolute atomic E-state index is 0.370. The summed E-state index contributed by atoms with van der Waals surface area (Å²) in [4.78, 5) is 21.1. The molecule has 1 aliphatic rings. The van der Waals surface area contributed by atoms with E-state index < -0.39 is 5.97 Å². The van der Waals surface area contributed by atoms with Gasteiger partial charge in [0.1, 0.15) is 16.3 Å². The smallest absolute Gasteiger partial charge is 0.341 e. The van der Waals surface area contributed by atoms with Gasteiger partial charge in [0.05, 0.1) is 19.9 Å². The number of hydrogen-bond donors (Lipinski definition) is 1. The fourth-order valence-electron chi connectivity index (χ4n) is 1.90. The molecule has 6 nitrogen and oxygen atoms in total. The highest BCUT2D eigenvalue weighted by atomic mass is 32.2. The molecule has 0 unspecified atom stereocenters. The predicted octanol–water partition coefficient (Wildman–Crippen LogP) is 2.48. The number of fused-ring (bicyclic) bond motifs is 2. The highest BCUT2D eigenvalue weighted by molar-refractivity contribution is 7.99. The fourth-order valence-corrected chi connectivity index (χ4v) is 2.81. The van der Waals surface area contributed by atoms with Gasteiger partial charge in [0.25, 0.3) is 0 Å². The first kappa shape index (κ1) is 12.7. The van der Waals surface area contributed by atoms with E-state index in [1.807, 2.05) is 0 Å². The molecule has 2 heterocycles. The third-order valence-electron chi connectivity index (χ3n) is 2.83. The van der Waals surface area contributed by atoms with Crippen molar-refractivity contribution >= 4 is 29.2 Å². The summed E-state index contributed by atoms with van der Waals surface area (Å²) in [6.07, 6.45) is 3.25. The van der Waals surface area contributed by atoms with Crippen molar-refractivity contribution in [1.82, 2.24) is 9.97 Å². The van der Waals surface area contributed by atoms with Crippen LogP contribution >= 0.6 is 11.8 Å². The maximum absolute atomic E-state index is 11.8. The van der Waals surface area contributed by atoms with E-state index in [0.29, 0.717) is 17.1 Å². The summed E-state index contributed by atoms with van der Waals surface area (Å²) in [5, 5.41) is 3.94. The zero-order valence-corrected chi connectivity index (χ0v) is 11.7. The average molecular weight is 289 g/mol. The van der Waals surface area contributed by atoms with Crippen LogP contribution in [0, 0.1) is 0 Å². The molecular formula is C13H11N3O3S. The largest absolute Gasteiger partial charge is 0.496 e. The number of benzene rings is 1. The number of aromatic nitrogens is 2. The molecule has 0 aliphatic carbocycles. The maximum Gasteiger partial charge on any atom is 0.341 e. The number of nitrogens with one attached hydrogen (secondary N) is 1. The highest BCUT2D eigenvalue weighted by Gasteiger charge is 2.22. The van der Waals surface area contributed by atoms with Gasteiger partial charge in [0, 0.05) is 17.3 Å². The number of rotatable bonds is 2. The number of ether oxygens (including phenoxy) is 2. The van der Waals surface area contributed by atoms with Crippen LogP contribution in [0.4, 0.5) is 11.5 Å². The SMILES string of the molecule is COC(=O)c1cc2c(cc1OC)Sc1nccnc1N2. The summed E-state index contributed by atoms with van der Waals surface area (Å²) >= 11 is 1.47. The molecule has 1 aromatic carbocycles. The first-order valence-electron chi connectivity index (χ1n) is 5.79. The lowest BCUT2D eigenvalue weighted by atomic mass is 10.1. The summed E-state index contributed by atoms with van der Waals surface area (Å²) in [5.74, 6) is 0.699. The van der Waals surface area contributed by atoms with Crippen molar-refractivity contribution in [2.45, 2.75) is 9.92 Å². The first-order chi connectivity index (χ1) is 9.72. The van der Waals surface area contributed by atoms with Crippen LogP contribution in [0.25, 0.3) is 0 Å². The lowest BCUT2D eigenvalue weighted by molar-refractivity contribution is 0.0597. The van der Waals surface area contributed by atoms with Gasteiger partial charge >= 0.3 is 5.97 Å². The summed E-state index contributed by atoms with van der Waals surface area (Å²) in [7, 11) is 2.85. The Kier molecular flexibility index (Phi) is 3.19. The van der Waals surface area contributed by atoms with Crippen LogP contribution in [-0.2, 0) is 4.74 Å². The molecule has 0 fully saturated rings. The van der Waals surface area contributed by atoms with Crippen molar-refractivity contribution < 1.29 is 14.3 Å². The minimum atomic E-state index is -0.443. The standard InChI is InChI=1S/C13H11N3O3S/c1-18-9-6-10-8(5-7(9)13(17)19-2)16-11-12(20-10)15-4-3-14-11/h3-6H,1-2H3,(H,14,16). The molecule has 20 heavy (non-hydrogen) atoms. The van der Waals surface area contributed by atoms with Gasteiger partial charge in [0.15, 0.2) is 5.82 Å². The molecule has 3 rings (SSSR count). The first-order valence-corrected chi connectivity index (χ1v) is 6.61. The van der Waals surface area contributed by atoms with Crippen molar-refractivity contribution in [3.8, 4) is 5.75 Å². The Morgan fingerprint density at radius 1 is 1.25 bits per heavy atom. The van der Waals surface area contributed by atoms with Gasteiger partial charge in [-0.25, -0.2) is 14.8 Å². The summed E-state index contributed by atoms with van der Waals surface area (Å²) in [6, 6.07) is 3.49. The van der Waals surface area contributed by atoms with Crippen molar-refractivity contribution in [3.63, 3.8) is 0 Å². The fraction of sp³-hybridized carbons (Fsp3) is 0.154. The van der Waals surface area contributed by atoms with Crippen molar-refractivity contribution in [3.05, 3.63) is 30.1 Å². The highest BCUT2D eigenvalue weighted by Crippen LogP contribution is 2.44. The van der Waals surface area contributed by atoms with Crippen molar-refractivity contribution in [2.75, 3.05) is 19.5 Å². The van der Waals surface area contributed by atoms with Gasteiger partial charge in [0.2, 0.25) is 0 Å². The van der Waals surface area contributed by atoms with Gasteiger partial charge in [-0.3, -0.25) is 0 Å². The monoisotopic (exact) mass is 289 g/mol. The van der Waals surface area contributed by atoms with Gasteiger partial charge in [-0.15, -0.1) is 0 Å². The Balaban J connectivity index is 2.08. The van der Waals surface area contributed by atoms with Gasteiger partial charge in [-0.2, -0.15) is 0 Å². The van der Waals surface area contributed by atoms with Crippen LogP contribution in [-0.4, -0.2) is 30.2 Å². The van der Waals surface area contributed by atoms with Gasteiger partial charge in [-0.1, -0.05) is 11.8 Å². The molecule has 0 amide bonds. The zero-order chi connectivity index (χ0) is 14.1. The number of esters is 1. The van der Waals surface area contributed by atoms with E-state index in [9.17, 15) is 4.79 Å². The third kappa shape index (κ3) is 2.05. The lowest BCUT2D eigenvalue weighted by Crippen LogP contribution is -2.08.